The Morgan fingerprint density at radius 3 is 2.65 bits per heavy atom. The number of fused-ring (bicyclic) bond motifs is 1. The Morgan fingerprint density at radius 2 is 2.04 bits per heavy atom. The van der Waals surface area contributed by atoms with Crippen molar-refractivity contribution >= 4 is 28.7 Å². The summed E-state index contributed by atoms with van der Waals surface area (Å²) in [6.07, 6.45) is 6.66. The number of nitrogens with zero attached hydrogens (tertiary/aromatic N) is 4. The van der Waals surface area contributed by atoms with E-state index in [-0.39, 0.29) is 16.7 Å². The van der Waals surface area contributed by atoms with Gasteiger partial charge in [0.25, 0.3) is 0 Å². The smallest absolute Gasteiger partial charge is 0.404 e. The summed E-state index contributed by atoms with van der Waals surface area (Å²) in [7, 11) is 0. The van der Waals surface area contributed by atoms with Gasteiger partial charge in [-0.3, -0.25) is 0 Å². The van der Waals surface area contributed by atoms with Crippen molar-refractivity contribution in [3.05, 3.63) is 17.7 Å². The highest BCUT2D eigenvalue weighted by Crippen LogP contribution is 2.37. The standard InChI is InChI=1S/C18H26ClN5O2/c1-18(2,3)14(22-17(25)26)12-6-4-11(5-7-12)10-24-15-13(9-21-24)8-20-16(19)23-15/h8-9,11-12,14,22H,4-7,10H2,1-3H3,(H,25,26)/t11-,12-,14?. The third-order valence-electron chi connectivity index (χ3n) is 5.35. The van der Waals surface area contributed by atoms with Crippen molar-refractivity contribution < 1.29 is 9.90 Å². The number of hydrogen-bond donors (Lipinski definition) is 2. The molecular weight excluding hydrogens is 354 g/mol. The average Bonchev–Trinajstić information content (AvgIpc) is 2.95. The Bertz CT molecular complexity index is 777. The molecule has 8 heteroatoms. The molecule has 3 rings (SSSR count). The third-order valence-corrected chi connectivity index (χ3v) is 5.54. The van der Waals surface area contributed by atoms with Gasteiger partial charge in [0, 0.05) is 18.8 Å². The lowest BCUT2D eigenvalue weighted by molar-refractivity contribution is 0.121. The highest BCUT2D eigenvalue weighted by molar-refractivity contribution is 6.28. The summed E-state index contributed by atoms with van der Waals surface area (Å²) < 4.78 is 1.91. The maximum atomic E-state index is 11.2. The molecule has 1 aliphatic carbocycles. The molecule has 0 bridgehead atoms. The van der Waals surface area contributed by atoms with E-state index < -0.39 is 6.09 Å². The Kier molecular flexibility index (Phi) is 5.37. The predicted octanol–water partition coefficient (Wildman–Crippen LogP) is 3.97. The van der Waals surface area contributed by atoms with Crippen molar-refractivity contribution in [3.63, 3.8) is 0 Å². The molecule has 2 aromatic heterocycles. The zero-order valence-corrected chi connectivity index (χ0v) is 16.2. The van der Waals surface area contributed by atoms with Crippen LogP contribution in [0.3, 0.4) is 0 Å². The molecule has 0 saturated heterocycles. The van der Waals surface area contributed by atoms with Gasteiger partial charge in [-0.05, 0) is 54.5 Å². The van der Waals surface area contributed by atoms with Crippen LogP contribution in [-0.4, -0.2) is 37.0 Å². The van der Waals surface area contributed by atoms with Gasteiger partial charge in [0.05, 0.1) is 11.6 Å². The largest absolute Gasteiger partial charge is 0.465 e. The van der Waals surface area contributed by atoms with Gasteiger partial charge >= 0.3 is 6.09 Å². The monoisotopic (exact) mass is 379 g/mol. The predicted molar refractivity (Wildman–Crippen MR) is 100 cm³/mol. The summed E-state index contributed by atoms with van der Waals surface area (Å²) in [4.78, 5) is 19.5. The first-order valence-corrected chi connectivity index (χ1v) is 9.45. The van der Waals surface area contributed by atoms with E-state index in [9.17, 15) is 9.90 Å². The summed E-state index contributed by atoms with van der Waals surface area (Å²) in [5.41, 5.74) is 0.675. The molecule has 0 radical (unpaired) electrons. The SMILES string of the molecule is CC(C)(C)C(NC(=O)O)[C@H]1CC[C@H](Cn2ncc3cnc(Cl)nc32)CC1. The van der Waals surface area contributed by atoms with Crippen molar-refractivity contribution in [2.24, 2.45) is 17.3 Å². The van der Waals surface area contributed by atoms with Crippen LogP contribution in [0.4, 0.5) is 4.79 Å². The minimum atomic E-state index is -0.938. The molecule has 142 valence electrons. The van der Waals surface area contributed by atoms with Crippen LogP contribution < -0.4 is 5.32 Å². The van der Waals surface area contributed by atoms with Crippen LogP contribution in [0.15, 0.2) is 12.4 Å². The molecule has 1 atom stereocenters. The molecule has 0 aliphatic heterocycles. The van der Waals surface area contributed by atoms with Gasteiger partial charge in [0.2, 0.25) is 5.28 Å². The molecule has 2 heterocycles. The molecular formula is C18H26ClN5O2. The van der Waals surface area contributed by atoms with Crippen molar-refractivity contribution in [3.8, 4) is 0 Å². The quantitative estimate of drug-likeness (QED) is 0.784. The Labute approximate surface area is 158 Å². The van der Waals surface area contributed by atoms with Crippen LogP contribution in [0.1, 0.15) is 46.5 Å². The zero-order valence-electron chi connectivity index (χ0n) is 15.4. The van der Waals surface area contributed by atoms with Crippen LogP contribution in [0.25, 0.3) is 11.0 Å². The molecule has 2 N–H and O–H groups in total. The molecule has 1 unspecified atom stereocenters. The van der Waals surface area contributed by atoms with Crippen LogP contribution in [0.5, 0.6) is 0 Å². The summed E-state index contributed by atoms with van der Waals surface area (Å²) >= 11 is 5.91. The average molecular weight is 380 g/mol. The number of rotatable bonds is 4. The maximum absolute atomic E-state index is 11.2. The van der Waals surface area contributed by atoms with Gasteiger partial charge in [0.1, 0.15) is 0 Å². The first kappa shape index (κ1) is 18.9. The van der Waals surface area contributed by atoms with Crippen molar-refractivity contribution in [2.45, 2.75) is 59.0 Å². The van der Waals surface area contributed by atoms with Crippen LogP contribution in [-0.2, 0) is 6.54 Å². The second-order valence-electron chi connectivity index (χ2n) is 8.32. The Morgan fingerprint density at radius 1 is 1.35 bits per heavy atom. The fourth-order valence-electron chi connectivity index (χ4n) is 4.10. The number of carboxylic acid groups (broad SMARTS) is 1. The molecule has 1 fully saturated rings. The van der Waals surface area contributed by atoms with Crippen molar-refractivity contribution in [1.29, 1.82) is 0 Å². The number of hydrogen-bond acceptors (Lipinski definition) is 4. The number of aromatic nitrogens is 4. The van der Waals surface area contributed by atoms with E-state index in [1.165, 1.54) is 0 Å². The number of nitrogens with one attached hydrogen (secondary N) is 1. The van der Waals surface area contributed by atoms with E-state index >= 15 is 0 Å². The summed E-state index contributed by atoms with van der Waals surface area (Å²) in [5, 5.41) is 17.5. The minimum absolute atomic E-state index is 0.0296. The molecule has 0 spiro atoms. The molecule has 1 amide bonds. The molecule has 2 aromatic rings. The Balaban J connectivity index is 1.64. The van der Waals surface area contributed by atoms with E-state index in [4.69, 9.17) is 11.6 Å². The highest BCUT2D eigenvalue weighted by atomic mass is 35.5. The zero-order chi connectivity index (χ0) is 18.9. The summed E-state index contributed by atoms with van der Waals surface area (Å²) in [6, 6.07) is -0.0296. The third kappa shape index (κ3) is 4.26. The van der Waals surface area contributed by atoms with Crippen LogP contribution >= 0.6 is 11.6 Å². The second-order valence-corrected chi connectivity index (χ2v) is 8.66. The summed E-state index contributed by atoms with van der Waals surface area (Å²) in [6.45, 7) is 7.09. The fraction of sp³-hybridized carbons (Fsp3) is 0.667. The molecule has 7 nitrogen and oxygen atoms in total. The molecule has 0 aromatic carbocycles. The number of halogens is 1. The molecule has 1 saturated carbocycles. The highest BCUT2D eigenvalue weighted by Gasteiger charge is 2.36. The number of amides is 1. The van der Waals surface area contributed by atoms with Gasteiger partial charge in [-0.2, -0.15) is 10.1 Å². The van der Waals surface area contributed by atoms with E-state index in [0.29, 0.717) is 11.8 Å². The van der Waals surface area contributed by atoms with Crippen LogP contribution in [0.2, 0.25) is 5.28 Å². The number of carbonyl (C=O) groups is 1. The van der Waals surface area contributed by atoms with E-state index in [1.54, 1.807) is 12.4 Å². The first-order chi connectivity index (χ1) is 12.2. The van der Waals surface area contributed by atoms with Gasteiger partial charge in [-0.15, -0.1) is 0 Å². The maximum Gasteiger partial charge on any atom is 0.404 e. The molecule has 1 aliphatic rings. The van der Waals surface area contributed by atoms with Gasteiger partial charge in [-0.25, -0.2) is 14.5 Å². The topological polar surface area (TPSA) is 92.9 Å². The summed E-state index contributed by atoms with van der Waals surface area (Å²) in [5.74, 6) is 0.877. The Hall–Kier alpha value is -1.89. The lowest BCUT2D eigenvalue weighted by Crippen LogP contribution is -2.49. The van der Waals surface area contributed by atoms with Gasteiger partial charge in [0.15, 0.2) is 5.65 Å². The van der Waals surface area contributed by atoms with Crippen molar-refractivity contribution in [2.75, 3.05) is 0 Å². The normalized spacial score (nSPS) is 22.3. The minimum Gasteiger partial charge on any atom is -0.465 e. The van der Waals surface area contributed by atoms with E-state index in [1.807, 2.05) is 4.68 Å². The first-order valence-electron chi connectivity index (χ1n) is 9.07. The van der Waals surface area contributed by atoms with Crippen molar-refractivity contribution in [1.82, 2.24) is 25.1 Å². The van der Waals surface area contributed by atoms with Gasteiger partial charge < -0.3 is 10.4 Å². The van der Waals surface area contributed by atoms with E-state index in [2.05, 4.69) is 41.2 Å². The van der Waals surface area contributed by atoms with Crippen LogP contribution in [0, 0.1) is 17.3 Å². The fourth-order valence-corrected chi connectivity index (χ4v) is 4.23. The lowest BCUT2D eigenvalue weighted by atomic mass is 9.71. The molecule has 26 heavy (non-hydrogen) atoms. The second kappa shape index (κ2) is 7.39. The van der Waals surface area contributed by atoms with Gasteiger partial charge in [-0.1, -0.05) is 20.8 Å². The van der Waals surface area contributed by atoms with E-state index in [0.717, 1.165) is 43.3 Å². The lowest BCUT2D eigenvalue weighted by Gasteiger charge is -2.40.